The van der Waals surface area contributed by atoms with Crippen molar-refractivity contribution in [2.24, 2.45) is 0 Å². The molecule has 0 saturated carbocycles. The molecular formula is C16H13F3N2O3. The third-order valence-corrected chi connectivity index (χ3v) is 3.96. The smallest absolute Gasteiger partial charge is 0.390 e. The minimum atomic E-state index is -4.86. The Morgan fingerprint density at radius 2 is 2.00 bits per heavy atom. The normalized spacial score (nSPS) is 19.8. The lowest BCUT2D eigenvalue weighted by atomic mass is 10.1. The first-order valence-electron chi connectivity index (χ1n) is 7.14. The number of nitrogens with one attached hydrogen (secondary N) is 2. The molecule has 0 aliphatic heterocycles. The minimum Gasteiger partial charge on any atom is -0.390 e. The molecule has 0 radical (unpaired) electrons. The largest absolute Gasteiger partial charge is 0.421 e. The molecule has 0 saturated heterocycles. The van der Waals surface area contributed by atoms with Crippen LogP contribution in [-0.4, -0.2) is 22.1 Å². The maximum absolute atomic E-state index is 12.8. The summed E-state index contributed by atoms with van der Waals surface area (Å²) in [5.74, 6) is -0.808. The number of carbonyl (C=O) groups is 1. The summed E-state index contributed by atoms with van der Waals surface area (Å²) in [6.45, 7) is 0. The van der Waals surface area contributed by atoms with Gasteiger partial charge in [0.1, 0.15) is 5.56 Å². The van der Waals surface area contributed by atoms with Crippen molar-refractivity contribution in [2.75, 3.05) is 0 Å². The van der Waals surface area contributed by atoms with Gasteiger partial charge in [-0.05, 0) is 17.2 Å². The van der Waals surface area contributed by atoms with Crippen LogP contribution >= 0.6 is 0 Å². The van der Waals surface area contributed by atoms with Crippen LogP contribution in [0, 0.1) is 0 Å². The van der Waals surface area contributed by atoms with E-state index >= 15 is 0 Å². The van der Waals surface area contributed by atoms with Crippen LogP contribution in [-0.2, 0) is 12.6 Å². The number of carbonyl (C=O) groups excluding carboxylic acids is 1. The second kappa shape index (κ2) is 5.79. The fourth-order valence-electron chi connectivity index (χ4n) is 2.80. The molecule has 1 aromatic heterocycles. The van der Waals surface area contributed by atoms with Crippen molar-refractivity contribution in [1.82, 2.24) is 10.3 Å². The topological polar surface area (TPSA) is 82.2 Å². The Morgan fingerprint density at radius 3 is 2.71 bits per heavy atom. The average molecular weight is 338 g/mol. The van der Waals surface area contributed by atoms with Crippen LogP contribution in [0.3, 0.4) is 0 Å². The highest BCUT2D eigenvalue weighted by Gasteiger charge is 2.36. The standard InChI is InChI=1S/C16H13F3N2O3/c17-16(18,19)11-5-9(7-20-15(11)24)14(23)21-13-10-4-2-1-3-8(10)6-12(13)22/h1-5,7,12-13,22H,6H2,(H,20,24)(H,21,23)/t12-,13+/m0/s1. The molecule has 8 heteroatoms. The first-order valence-corrected chi connectivity index (χ1v) is 7.14. The van der Waals surface area contributed by atoms with Gasteiger partial charge >= 0.3 is 6.18 Å². The number of alkyl halides is 3. The lowest BCUT2D eigenvalue weighted by Crippen LogP contribution is -2.34. The number of aliphatic hydroxyl groups is 1. The molecular weight excluding hydrogens is 325 g/mol. The molecule has 0 unspecified atom stereocenters. The van der Waals surface area contributed by atoms with E-state index in [0.717, 1.165) is 17.3 Å². The monoisotopic (exact) mass is 338 g/mol. The Balaban J connectivity index is 1.88. The van der Waals surface area contributed by atoms with Gasteiger partial charge in [0.15, 0.2) is 0 Å². The summed E-state index contributed by atoms with van der Waals surface area (Å²) < 4.78 is 38.3. The highest BCUT2D eigenvalue weighted by Crippen LogP contribution is 2.31. The molecule has 1 heterocycles. The van der Waals surface area contributed by atoms with Crippen LogP contribution in [0.4, 0.5) is 13.2 Å². The van der Waals surface area contributed by atoms with Crippen molar-refractivity contribution >= 4 is 5.91 Å². The van der Waals surface area contributed by atoms with Gasteiger partial charge < -0.3 is 15.4 Å². The van der Waals surface area contributed by atoms with Crippen LogP contribution in [0.1, 0.15) is 33.1 Å². The molecule has 5 nitrogen and oxygen atoms in total. The lowest BCUT2D eigenvalue weighted by Gasteiger charge is -2.18. The van der Waals surface area contributed by atoms with Gasteiger partial charge in [-0.1, -0.05) is 24.3 Å². The van der Waals surface area contributed by atoms with Gasteiger partial charge in [-0.25, -0.2) is 0 Å². The number of aliphatic hydroxyl groups excluding tert-OH is 1. The summed E-state index contributed by atoms with van der Waals surface area (Å²) in [6, 6.07) is 6.89. The van der Waals surface area contributed by atoms with Crippen molar-refractivity contribution in [3.63, 3.8) is 0 Å². The van der Waals surface area contributed by atoms with Crippen LogP contribution in [0.5, 0.6) is 0 Å². The quantitative estimate of drug-likeness (QED) is 0.781. The Morgan fingerprint density at radius 1 is 1.29 bits per heavy atom. The van der Waals surface area contributed by atoms with E-state index in [4.69, 9.17) is 0 Å². The van der Waals surface area contributed by atoms with Crippen LogP contribution in [0.2, 0.25) is 0 Å². The van der Waals surface area contributed by atoms with Crippen molar-refractivity contribution < 1.29 is 23.1 Å². The van der Waals surface area contributed by atoms with Crippen LogP contribution in [0.25, 0.3) is 0 Å². The first kappa shape index (κ1) is 16.3. The molecule has 1 aliphatic rings. The summed E-state index contributed by atoms with van der Waals surface area (Å²) in [5.41, 5.74) is -1.50. The van der Waals surface area contributed by atoms with E-state index < -0.39 is 35.4 Å². The Hall–Kier alpha value is -2.61. The van der Waals surface area contributed by atoms with E-state index in [1.54, 1.807) is 18.2 Å². The van der Waals surface area contributed by atoms with Crippen LogP contribution in [0.15, 0.2) is 41.3 Å². The van der Waals surface area contributed by atoms with E-state index in [2.05, 4.69) is 5.32 Å². The Labute approximate surface area is 134 Å². The summed E-state index contributed by atoms with van der Waals surface area (Å²) in [4.78, 5) is 25.4. The Kier molecular flexibility index (Phi) is 3.92. The van der Waals surface area contributed by atoms with Gasteiger partial charge in [-0.3, -0.25) is 9.59 Å². The Bertz CT molecular complexity index is 845. The van der Waals surface area contributed by atoms with E-state index in [9.17, 15) is 27.9 Å². The van der Waals surface area contributed by atoms with Gasteiger partial charge in [-0.15, -0.1) is 0 Å². The molecule has 2 aromatic rings. The second-order valence-corrected chi connectivity index (χ2v) is 5.55. The fourth-order valence-corrected chi connectivity index (χ4v) is 2.80. The molecule has 1 amide bonds. The minimum absolute atomic E-state index is 0.335. The van der Waals surface area contributed by atoms with Crippen molar-refractivity contribution in [3.05, 3.63) is 69.1 Å². The highest BCUT2D eigenvalue weighted by molar-refractivity contribution is 5.94. The van der Waals surface area contributed by atoms with Crippen molar-refractivity contribution in [2.45, 2.75) is 24.7 Å². The van der Waals surface area contributed by atoms with Gasteiger partial charge in [0.05, 0.1) is 17.7 Å². The zero-order valence-electron chi connectivity index (χ0n) is 12.2. The summed E-state index contributed by atoms with van der Waals surface area (Å²) in [5, 5.41) is 12.6. The van der Waals surface area contributed by atoms with E-state index in [-0.39, 0.29) is 5.56 Å². The number of H-pyrrole nitrogens is 1. The first-order chi connectivity index (χ1) is 11.3. The maximum atomic E-state index is 12.8. The van der Waals surface area contributed by atoms with E-state index in [0.29, 0.717) is 12.5 Å². The number of fused-ring (bicyclic) bond motifs is 1. The third-order valence-electron chi connectivity index (χ3n) is 3.96. The molecule has 3 N–H and O–H groups in total. The van der Waals surface area contributed by atoms with E-state index in [1.807, 2.05) is 11.1 Å². The summed E-state index contributed by atoms with van der Waals surface area (Å²) in [7, 11) is 0. The van der Waals surface area contributed by atoms with E-state index in [1.165, 1.54) is 0 Å². The summed E-state index contributed by atoms with van der Waals surface area (Å²) in [6.07, 6.45) is -4.46. The molecule has 0 bridgehead atoms. The van der Waals surface area contributed by atoms with Gasteiger partial charge in [0.25, 0.3) is 11.5 Å². The number of pyridine rings is 1. The molecule has 1 aliphatic carbocycles. The number of benzene rings is 1. The summed E-state index contributed by atoms with van der Waals surface area (Å²) >= 11 is 0. The zero-order chi connectivity index (χ0) is 17.5. The fraction of sp³-hybridized carbons (Fsp3) is 0.250. The average Bonchev–Trinajstić information content (AvgIpc) is 2.82. The predicted octanol–water partition coefficient (Wildman–Crippen LogP) is 1.78. The number of hydrogen-bond donors (Lipinski definition) is 3. The molecule has 2 atom stereocenters. The molecule has 126 valence electrons. The number of hydrogen-bond acceptors (Lipinski definition) is 3. The molecule has 0 spiro atoms. The molecule has 0 fully saturated rings. The number of aromatic nitrogens is 1. The van der Waals surface area contributed by atoms with Crippen molar-refractivity contribution in [1.29, 1.82) is 0 Å². The number of aromatic amines is 1. The third kappa shape index (κ3) is 2.92. The van der Waals surface area contributed by atoms with Crippen LogP contribution < -0.4 is 10.9 Å². The zero-order valence-corrected chi connectivity index (χ0v) is 12.2. The molecule has 24 heavy (non-hydrogen) atoms. The maximum Gasteiger partial charge on any atom is 0.421 e. The van der Waals surface area contributed by atoms with Gasteiger partial charge in [0, 0.05) is 12.6 Å². The number of amides is 1. The number of rotatable bonds is 2. The highest BCUT2D eigenvalue weighted by atomic mass is 19.4. The predicted molar refractivity (Wildman–Crippen MR) is 78.4 cm³/mol. The van der Waals surface area contributed by atoms with Gasteiger partial charge in [0.2, 0.25) is 0 Å². The van der Waals surface area contributed by atoms with Crippen molar-refractivity contribution in [3.8, 4) is 0 Å². The van der Waals surface area contributed by atoms with Gasteiger partial charge in [-0.2, -0.15) is 13.2 Å². The second-order valence-electron chi connectivity index (χ2n) is 5.55. The molecule has 1 aromatic carbocycles. The SMILES string of the molecule is O=C(N[C@@H]1c2ccccc2C[C@@H]1O)c1c[nH]c(=O)c(C(F)(F)F)c1. The molecule has 3 rings (SSSR count). The number of halogens is 3. The lowest BCUT2D eigenvalue weighted by molar-refractivity contribution is -0.138.